The molecule has 0 saturated heterocycles. The summed E-state index contributed by atoms with van der Waals surface area (Å²) < 4.78 is 38.6. The minimum absolute atomic E-state index is 0.663. The number of hydrogen-bond donors (Lipinski definition) is 1. The first-order valence-corrected chi connectivity index (χ1v) is 3.32. The maximum absolute atomic E-state index is 11.5. The monoisotopic (exact) mass is 185 g/mol. The molecule has 0 radical (unpaired) electrons. The van der Waals surface area contributed by atoms with Crippen molar-refractivity contribution in [1.82, 2.24) is 0 Å². The fraction of sp³-hybridized carbons (Fsp3) is 0.833. The molecule has 3 nitrogen and oxygen atoms in total. The van der Waals surface area contributed by atoms with Crippen molar-refractivity contribution >= 4 is 5.97 Å². The van der Waals surface area contributed by atoms with Crippen molar-refractivity contribution in [2.75, 3.05) is 6.61 Å². The highest BCUT2D eigenvalue weighted by atomic mass is 19.4. The van der Waals surface area contributed by atoms with Gasteiger partial charge < -0.3 is 10.5 Å². The zero-order chi connectivity index (χ0) is 9.78. The van der Waals surface area contributed by atoms with E-state index >= 15 is 0 Å². The highest BCUT2D eigenvalue weighted by molar-refractivity contribution is 5.74. The minimum Gasteiger partial charge on any atom is -0.464 e. The summed E-state index contributed by atoms with van der Waals surface area (Å²) in [5.74, 6) is -0.820. The Bertz CT molecular complexity index is 155. The van der Waals surface area contributed by atoms with E-state index in [1.54, 1.807) is 0 Å². The first-order chi connectivity index (χ1) is 5.33. The third-order valence-corrected chi connectivity index (χ3v) is 1.00. The maximum Gasteiger partial charge on any atom is 0.392 e. The van der Waals surface area contributed by atoms with Crippen LogP contribution in [0.4, 0.5) is 13.2 Å². The summed E-state index contributed by atoms with van der Waals surface area (Å²) in [4.78, 5) is 10.5. The van der Waals surface area contributed by atoms with Crippen LogP contribution in [0.15, 0.2) is 0 Å². The lowest BCUT2D eigenvalue weighted by atomic mass is 10.4. The molecule has 0 spiro atoms. The molecule has 0 rings (SSSR count). The Labute approximate surface area is 67.7 Å². The van der Waals surface area contributed by atoms with E-state index in [1.807, 2.05) is 0 Å². The molecule has 0 unspecified atom stereocenters. The number of rotatable bonds is 3. The van der Waals surface area contributed by atoms with Gasteiger partial charge in [-0.3, -0.25) is 4.79 Å². The van der Waals surface area contributed by atoms with E-state index in [9.17, 15) is 18.0 Å². The van der Waals surface area contributed by atoms with E-state index in [0.717, 1.165) is 0 Å². The molecule has 0 aromatic heterocycles. The first-order valence-electron chi connectivity index (χ1n) is 3.32. The van der Waals surface area contributed by atoms with Gasteiger partial charge >= 0.3 is 12.1 Å². The lowest BCUT2D eigenvalue weighted by Gasteiger charge is -2.08. The van der Waals surface area contributed by atoms with Crippen LogP contribution in [0.5, 0.6) is 0 Å². The summed E-state index contributed by atoms with van der Waals surface area (Å²) in [5, 5.41) is 0. The van der Waals surface area contributed by atoms with Crippen LogP contribution in [0.2, 0.25) is 0 Å². The fourth-order valence-corrected chi connectivity index (χ4v) is 0.399. The number of halogens is 3. The van der Waals surface area contributed by atoms with Gasteiger partial charge in [0.25, 0.3) is 0 Å². The molecular formula is C6H10F3NO2. The molecule has 6 heteroatoms. The van der Waals surface area contributed by atoms with Crippen molar-refractivity contribution < 1.29 is 22.7 Å². The number of carbonyl (C=O) groups is 1. The first kappa shape index (κ1) is 11.2. The van der Waals surface area contributed by atoms with Gasteiger partial charge in [-0.2, -0.15) is 13.2 Å². The predicted molar refractivity (Wildman–Crippen MR) is 35.3 cm³/mol. The molecule has 72 valence electrons. The molecule has 0 heterocycles. The minimum atomic E-state index is -4.29. The Morgan fingerprint density at radius 2 is 2.08 bits per heavy atom. The van der Waals surface area contributed by atoms with E-state index in [-0.39, 0.29) is 0 Å². The van der Waals surface area contributed by atoms with Gasteiger partial charge in [0.2, 0.25) is 0 Å². The number of esters is 1. The molecule has 2 N–H and O–H groups in total. The Kier molecular flexibility index (Phi) is 4.02. The number of carbonyl (C=O) groups excluding carboxylic acids is 1. The van der Waals surface area contributed by atoms with Crippen molar-refractivity contribution in [2.24, 2.45) is 5.73 Å². The lowest BCUT2D eigenvalue weighted by molar-refractivity contribution is -0.159. The molecule has 0 amide bonds. The fourth-order valence-electron chi connectivity index (χ4n) is 0.399. The molecule has 0 aromatic rings. The molecule has 0 aromatic carbocycles. The molecule has 0 aliphatic carbocycles. The maximum atomic E-state index is 11.5. The van der Waals surface area contributed by atoms with Gasteiger partial charge in [0.1, 0.15) is 6.04 Å². The second-order valence-electron chi connectivity index (χ2n) is 2.32. The summed E-state index contributed by atoms with van der Waals surface area (Å²) in [7, 11) is 0. The number of ether oxygens (including phenoxy) is 1. The van der Waals surface area contributed by atoms with Crippen molar-refractivity contribution in [3.8, 4) is 0 Å². The topological polar surface area (TPSA) is 52.3 Å². The van der Waals surface area contributed by atoms with Gasteiger partial charge in [-0.25, -0.2) is 0 Å². The average Bonchev–Trinajstić information content (AvgIpc) is 1.84. The Morgan fingerprint density at radius 3 is 2.42 bits per heavy atom. The van der Waals surface area contributed by atoms with Gasteiger partial charge in [0, 0.05) is 0 Å². The second kappa shape index (κ2) is 4.30. The van der Waals surface area contributed by atoms with Crippen LogP contribution in [0.1, 0.15) is 13.3 Å². The van der Waals surface area contributed by atoms with Gasteiger partial charge in [-0.1, -0.05) is 0 Å². The third-order valence-electron chi connectivity index (χ3n) is 1.00. The molecular weight excluding hydrogens is 175 g/mol. The van der Waals surface area contributed by atoms with Gasteiger partial charge in [-0.15, -0.1) is 0 Å². The van der Waals surface area contributed by atoms with Crippen molar-refractivity contribution in [1.29, 1.82) is 0 Å². The molecule has 0 aliphatic rings. The second-order valence-corrected chi connectivity index (χ2v) is 2.32. The lowest BCUT2D eigenvalue weighted by Crippen LogP contribution is -2.29. The number of hydrogen-bond acceptors (Lipinski definition) is 3. The summed E-state index contributed by atoms with van der Waals surface area (Å²) >= 11 is 0. The quantitative estimate of drug-likeness (QED) is 0.662. The molecule has 0 bridgehead atoms. The molecule has 0 fully saturated rings. The normalized spacial score (nSPS) is 14.1. The highest BCUT2D eigenvalue weighted by Crippen LogP contribution is 2.18. The molecule has 0 saturated carbocycles. The molecule has 12 heavy (non-hydrogen) atoms. The van der Waals surface area contributed by atoms with Crippen LogP contribution in [0.3, 0.4) is 0 Å². The van der Waals surface area contributed by atoms with Gasteiger partial charge in [-0.05, 0) is 6.92 Å². The van der Waals surface area contributed by atoms with Gasteiger partial charge in [0.15, 0.2) is 0 Å². The van der Waals surface area contributed by atoms with E-state index in [4.69, 9.17) is 5.73 Å². The molecule has 0 aliphatic heterocycles. The van der Waals surface area contributed by atoms with Crippen LogP contribution < -0.4 is 5.73 Å². The average molecular weight is 185 g/mol. The van der Waals surface area contributed by atoms with Crippen molar-refractivity contribution in [3.63, 3.8) is 0 Å². The van der Waals surface area contributed by atoms with Crippen LogP contribution in [-0.2, 0) is 9.53 Å². The van der Waals surface area contributed by atoms with Crippen LogP contribution in [-0.4, -0.2) is 24.8 Å². The van der Waals surface area contributed by atoms with E-state index in [0.29, 0.717) is 0 Å². The predicted octanol–water partition coefficient (Wildman–Crippen LogP) is 0.829. The summed E-state index contributed by atoms with van der Waals surface area (Å²) in [6.07, 6.45) is -5.43. The largest absolute Gasteiger partial charge is 0.464 e. The van der Waals surface area contributed by atoms with Crippen LogP contribution in [0, 0.1) is 0 Å². The Balaban J connectivity index is 3.51. The summed E-state index contributed by atoms with van der Waals surface area (Å²) in [6.45, 7) is 0.680. The number of nitrogens with two attached hydrogens (primary N) is 1. The number of alkyl halides is 3. The summed E-state index contributed by atoms with van der Waals surface area (Å²) in [6, 6.07) is -0.877. The van der Waals surface area contributed by atoms with Crippen molar-refractivity contribution in [3.05, 3.63) is 0 Å². The van der Waals surface area contributed by atoms with Crippen LogP contribution in [0.25, 0.3) is 0 Å². The van der Waals surface area contributed by atoms with E-state index in [1.165, 1.54) is 6.92 Å². The van der Waals surface area contributed by atoms with Gasteiger partial charge in [0.05, 0.1) is 13.0 Å². The zero-order valence-electron chi connectivity index (χ0n) is 6.52. The smallest absolute Gasteiger partial charge is 0.392 e. The Morgan fingerprint density at radius 1 is 1.58 bits per heavy atom. The van der Waals surface area contributed by atoms with E-state index < -0.39 is 31.2 Å². The Hall–Kier alpha value is -0.780. The zero-order valence-corrected chi connectivity index (χ0v) is 6.52. The van der Waals surface area contributed by atoms with Crippen LogP contribution >= 0.6 is 0 Å². The SMILES string of the molecule is C[C@H](N)C(=O)OCCC(F)(F)F. The molecule has 1 atom stereocenters. The highest BCUT2D eigenvalue weighted by Gasteiger charge is 2.27. The summed E-state index contributed by atoms with van der Waals surface area (Å²) in [5.41, 5.74) is 5.03. The van der Waals surface area contributed by atoms with Crippen molar-refractivity contribution in [2.45, 2.75) is 25.6 Å². The third kappa shape index (κ3) is 5.96. The van der Waals surface area contributed by atoms with E-state index in [2.05, 4.69) is 4.74 Å². The standard InChI is InChI=1S/C6H10F3NO2/c1-4(10)5(11)12-3-2-6(7,8)9/h4H,2-3,10H2,1H3/t4-/m0/s1.